The maximum Gasteiger partial charge on any atom is 0.211 e. The van der Waals surface area contributed by atoms with Crippen LogP contribution in [0.15, 0.2) is 12.4 Å². The number of aryl methyl sites for hydroxylation is 1. The second kappa shape index (κ2) is 6.16. The molecule has 1 atom stereocenters. The van der Waals surface area contributed by atoms with Gasteiger partial charge in [0.2, 0.25) is 10.0 Å². The topological polar surface area (TPSA) is 64.0 Å². The van der Waals surface area contributed by atoms with Crippen LogP contribution in [0.25, 0.3) is 0 Å². The first kappa shape index (κ1) is 14.2. The molecule has 6 heteroatoms. The van der Waals surface area contributed by atoms with Crippen molar-refractivity contribution in [3.05, 3.63) is 18.0 Å². The minimum absolute atomic E-state index is 0.0279. The third-order valence-electron chi connectivity index (χ3n) is 2.55. The van der Waals surface area contributed by atoms with Crippen molar-refractivity contribution in [1.29, 1.82) is 0 Å². The maximum absolute atomic E-state index is 11.6. The molecule has 0 aliphatic heterocycles. The van der Waals surface area contributed by atoms with Crippen molar-refractivity contribution in [2.75, 3.05) is 12.3 Å². The highest BCUT2D eigenvalue weighted by molar-refractivity contribution is 7.89. The van der Waals surface area contributed by atoms with Gasteiger partial charge in [-0.05, 0) is 25.8 Å². The molecule has 1 heterocycles. The Labute approximate surface area is 103 Å². The van der Waals surface area contributed by atoms with Gasteiger partial charge in [-0.1, -0.05) is 13.3 Å². The van der Waals surface area contributed by atoms with Crippen molar-refractivity contribution in [3.8, 4) is 0 Å². The Balaban J connectivity index is 2.45. The summed E-state index contributed by atoms with van der Waals surface area (Å²) in [6.45, 7) is 6.26. The molecule has 0 aliphatic carbocycles. The van der Waals surface area contributed by atoms with Gasteiger partial charge in [-0.2, -0.15) is 5.10 Å². The van der Waals surface area contributed by atoms with Crippen molar-refractivity contribution in [3.63, 3.8) is 0 Å². The molecular formula is C11H21N3O2S. The van der Waals surface area contributed by atoms with Crippen LogP contribution in [-0.4, -0.2) is 30.5 Å². The minimum Gasteiger partial charge on any atom is -0.268 e. The number of hydrogen-bond acceptors (Lipinski definition) is 3. The van der Waals surface area contributed by atoms with E-state index >= 15 is 0 Å². The first-order valence-corrected chi connectivity index (χ1v) is 7.58. The van der Waals surface area contributed by atoms with E-state index in [2.05, 4.69) is 9.82 Å². The van der Waals surface area contributed by atoms with Crippen LogP contribution >= 0.6 is 0 Å². The van der Waals surface area contributed by atoms with Crippen molar-refractivity contribution < 1.29 is 8.42 Å². The fourth-order valence-electron chi connectivity index (χ4n) is 1.42. The summed E-state index contributed by atoms with van der Waals surface area (Å²) in [4.78, 5) is 0. The fourth-order valence-corrected chi connectivity index (χ4v) is 2.73. The lowest BCUT2D eigenvalue weighted by Gasteiger charge is -2.13. The number of unbranched alkanes of at least 4 members (excludes halogenated alkanes) is 1. The van der Waals surface area contributed by atoms with Gasteiger partial charge >= 0.3 is 0 Å². The Kier molecular flexibility index (Phi) is 5.14. The molecule has 17 heavy (non-hydrogen) atoms. The van der Waals surface area contributed by atoms with E-state index < -0.39 is 10.0 Å². The highest BCUT2D eigenvalue weighted by atomic mass is 32.2. The molecule has 1 N–H and O–H groups in total. The van der Waals surface area contributed by atoms with E-state index in [1.807, 2.05) is 27.0 Å². The Morgan fingerprint density at radius 3 is 2.76 bits per heavy atom. The zero-order valence-electron chi connectivity index (χ0n) is 10.7. The summed E-state index contributed by atoms with van der Waals surface area (Å²) >= 11 is 0. The number of sulfonamides is 1. The standard InChI is InChI=1S/C11H21N3O2S/c1-4-5-6-17(15,16)13-8-11(3)14-9-10(2)7-12-14/h7,9,11,13H,4-6,8H2,1-3H3. The van der Waals surface area contributed by atoms with E-state index in [9.17, 15) is 8.42 Å². The van der Waals surface area contributed by atoms with Crippen LogP contribution in [0.4, 0.5) is 0 Å². The Bertz CT molecular complexity index is 439. The second-order valence-electron chi connectivity index (χ2n) is 4.37. The van der Waals surface area contributed by atoms with Gasteiger partial charge in [-0.3, -0.25) is 4.68 Å². The predicted octanol–water partition coefficient (Wildman–Crippen LogP) is 1.47. The van der Waals surface area contributed by atoms with E-state index in [1.54, 1.807) is 10.9 Å². The minimum atomic E-state index is -3.13. The van der Waals surface area contributed by atoms with Crippen LogP contribution in [0.5, 0.6) is 0 Å². The van der Waals surface area contributed by atoms with Crippen LogP contribution in [0.2, 0.25) is 0 Å². The lowest BCUT2D eigenvalue weighted by molar-refractivity contribution is 0.478. The van der Waals surface area contributed by atoms with E-state index in [0.717, 1.165) is 12.0 Å². The van der Waals surface area contributed by atoms with Gasteiger partial charge in [0.05, 0.1) is 18.0 Å². The number of hydrogen-bond donors (Lipinski definition) is 1. The SMILES string of the molecule is CCCCS(=O)(=O)NCC(C)n1cc(C)cn1. The van der Waals surface area contributed by atoms with E-state index in [1.165, 1.54) is 0 Å². The maximum atomic E-state index is 11.6. The van der Waals surface area contributed by atoms with Crippen LogP contribution in [0.1, 0.15) is 38.3 Å². The summed E-state index contributed by atoms with van der Waals surface area (Å²) in [5, 5.41) is 4.16. The third-order valence-corrected chi connectivity index (χ3v) is 3.98. The van der Waals surface area contributed by atoms with Gasteiger partial charge in [0.1, 0.15) is 0 Å². The first-order valence-electron chi connectivity index (χ1n) is 5.92. The normalized spacial score (nSPS) is 13.8. The Morgan fingerprint density at radius 2 is 2.24 bits per heavy atom. The molecule has 0 aliphatic rings. The molecule has 0 aromatic carbocycles. The van der Waals surface area contributed by atoms with E-state index in [4.69, 9.17) is 0 Å². The smallest absolute Gasteiger partial charge is 0.211 e. The zero-order chi connectivity index (χ0) is 12.9. The molecule has 0 saturated carbocycles. The van der Waals surface area contributed by atoms with Gasteiger partial charge in [0, 0.05) is 12.7 Å². The van der Waals surface area contributed by atoms with Crippen LogP contribution in [-0.2, 0) is 10.0 Å². The number of rotatable bonds is 7. The molecule has 0 radical (unpaired) electrons. The molecule has 1 aromatic rings. The Morgan fingerprint density at radius 1 is 1.53 bits per heavy atom. The number of nitrogens with zero attached hydrogens (tertiary/aromatic N) is 2. The Hall–Kier alpha value is -0.880. The summed E-state index contributed by atoms with van der Waals surface area (Å²) in [5.74, 6) is 0.203. The molecule has 0 amide bonds. The van der Waals surface area contributed by atoms with Gasteiger partial charge in [0.25, 0.3) is 0 Å². The van der Waals surface area contributed by atoms with Gasteiger partial charge in [0.15, 0.2) is 0 Å². The monoisotopic (exact) mass is 259 g/mol. The number of aromatic nitrogens is 2. The molecule has 5 nitrogen and oxygen atoms in total. The van der Waals surface area contributed by atoms with Crippen LogP contribution in [0.3, 0.4) is 0 Å². The van der Waals surface area contributed by atoms with Gasteiger partial charge in [-0.15, -0.1) is 0 Å². The summed E-state index contributed by atoms with van der Waals surface area (Å²) in [5.41, 5.74) is 1.07. The first-order chi connectivity index (χ1) is 7.94. The largest absolute Gasteiger partial charge is 0.268 e. The van der Waals surface area contributed by atoms with Crippen LogP contribution in [0, 0.1) is 6.92 Å². The van der Waals surface area contributed by atoms with E-state index in [-0.39, 0.29) is 11.8 Å². The molecule has 0 saturated heterocycles. The average molecular weight is 259 g/mol. The van der Waals surface area contributed by atoms with E-state index in [0.29, 0.717) is 13.0 Å². The van der Waals surface area contributed by atoms with Crippen molar-refractivity contribution >= 4 is 10.0 Å². The predicted molar refractivity (Wildman–Crippen MR) is 68.4 cm³/mol. The summed E-state index contributed by atoms with van der Waals surface area (Å²) in [7, 11) is -3.13. The molecule has 0 fully saturated rings. The molecule has 0 bridgehead atoms. The molecule has 98 valence electrons. The van der Waals surface area contributed by atoms with Crippen molar-refractivity contribution in [2.24, 2.45) is 0 Å². The lowest BCUT2D eigenvalue weighted by Crippen LogP contribution is -2.31. The zero-order valence-corrected chi connectivity index (χ0v) is 11.5. The summed E-state index contributed by atoms with van der Waals surface area (Å²) in [6.07, 6.45) is 5.26. The molecule has 1 aromatic heterocycles. The van der Waals surface area contributed by atoms with Crippen molar-refractivity contribution in [2.45, 2.75) is 39.7 Å². The molecule has 1 rings (SSSR count). The van der Waals surface area contributed by atoms with Gasteiger partial charge < -0.3 is 0 Å². The van der Waals surface area contributed by atoms with Crippen molar-refractivity contribution in [1.82, 2.24) is 14.5 Å². The average Bonchev–Trinajstić information content (AvgIpc) is 2.70. The highest BCUT2D eigenvalue weighted by Crippen LogP contribution is 2.05. The second-order valence-corrected chi connectivity index (χ2v) is 6.29. The summed E-state index contributed by atoms with van der Waals surface area (Å²) < 4.78 is 27.6. The van der Waals surface area contributed by atoms with Crippen LogP contribution < -0.4 is 4.72 Å². The third kappa shape index (κ3) is 4.87. The van der Waals surface area contributed by atoms with Gasteiger partial charge in [-0.25, -0.2) is 13.1 Å². The summed E-state index contributed by atoms with van der Waals surface area (Å²) in [6, 6.07) is 0.0279. The fraction of sp³-hybridized carbons (Fsp3) is 0.727. The lowest BCUT2D eigenvalue weighted by atomic mass is 10.3. The molecule has 1 unspecified atom stereocenters. The highest BCUT2D eigenvalue weighted by Gasteiger charge is 2.12. The molecular weight excluding hydrogens is 238 g/mol. The quantitative estimate of drug-likeness (QED) is 0.806. The molecule has 0 spiro atoms. The number of nitrogens with one attached hydrogen (secondary N) is 1.